The molecule has 0 aliphatic heterocycles. The van der Waals surface area contributed by atoms with Gasteiger partial charge in [0.1, 0.15) is 5.60 Å². The van der Waals surface area contributed by atoms with E-state index in [1.807, 2.05) is 0 Å². The number of ketones is 1. The van der Waals surface area contributed by atoms with E-state index in [0.29, 0.717) is 23.8 Å². The third kappa shape index (κ3) is 4.41. The van der Waals surface area contributed by atoms with Gasteiger partial charge in [-0.25, -0.2) is 0 Å². The highest BCUT2D eigenvalue weighted by atomic mass is 32.2. The average molecular weight is 387 g/mol. The van der Waals surface area contributed by atoms with Crippen LogP contribution in [0.2, 0.25) is 0 Å². The minimum absolute atomic E-state index is 0.0220. The Kier molecular flexibility index (Phi) is 6.65. The molecule has 0 unspecified atom stereocenters. The Morgan fingerprint density at radius 1 is 1.32 bits per heavy atom. The van der Waals surface area contributed by atoms with Crippen molar-refractivity contribution in [3.8, 4) is 0 Å². The van der Waals surface area contributed by atoms with Crippen LogP contribution >= 0.6 is 24.0 Å². The maximum atomic E-state index is 12.6. The molecule has 0 aromatic rings. The molecule has 0 bridgehead atoms. The van der Waals surface area contributed by atoms with E-state index in [1.165, 1.54) is 0 Å². The number of fused-ring (bicyclic) bond motifs is 1. The van der Waals surface area contributed by atoms with E-state index in [1.54, 1.807) is 11.8 Å². The van der Waals surface area contributed by atoms with Gasteiger partial charge in [0.2, 0.25) is 4.38 Å². The Balaban J connectivity index is 2.22. The Hall–Kier alpha value is -0.130. The topological polar surface area (TPSA) is 46.5 Å². The Bertz CT molecular complexity index is 508. The van der Waals surface area contributed by atoms with Gasteiger partial charge in [0.05, 0.1) is 6.61 Å². The van der Waals surface area contributed by atoms with Crippen LogP contribution in [0.1, 0.15) is 79.6 Å². The van der Waals surface area contributed by atoms with Gasteiger partial charge in [-0.05, 0) is 48.7 Å². The third-order valence-electron chi connectivity index (χ3n) is 6.20. The number of thiocarbonyl (C=S) groups is 1. The van der Waals surface area contributed by atoms with Crippen LogP contribution in [0.25, 0.3) is 0 Å². The van der Waals surface area contributed by atoms with Crippen LogP contribution < -0.4 is 0 Å². The van der Waals surface area contributed by atoms with Crippen molar-refractivity contribution in [2.45, 2.75) is 90.4 Å². The van der Waals surface area contributed by atoms with Gasteiger partial charge in [-0.2, -0.15) is 0 Å². The van der Waals surface area contributed by atoms with E-state index in [2.05, 4.69) is 34.6 Å². The molecule has 2 aliphatic carbocycles. The summed E-state index contributed by atoms with van der Waals surface area (Å²) in [5.74, 6) is 0.0213. The third-order valence-corrected chi connectivity index (χ3v) is 7.73. The molecule has 3 atom stereocenters. The van der Waals surface area contributed by atoms with Crippen molar-refractivity contribution in [3.63, 3.8) is 0 Å². The van der Waals surface area contributed by atoms with Crippen molar-refractivity contribution in [2.75, 3.05) is 6.61 Å². The first kappa shape index (κ1) is 21.2. The monoisotopic (exact) mass is 386 g/mol. The highest BCUT2D eigenvalue weighted by Gasteiger charge is 2.60. The number of hydrogen-bond acceptors (Lipinski definition) is 5. The SMILES string of the molecule is CCC1(CC)CCC(=O)[C@@]2(O)CCC[C@H](SC(=S)OCC(C)(C)C)[C@@H]12. The lowest BCUT2D eigenvalue weighted by Gasteiger charge is -2.56. The number of aliphatic hydroxyl groups is 1. The predicted molar refractivity (Wildman–Crippen MR) is 109 cm³/mol. The molecule has 25 heavy (non-hydrogen) atoms. The van der Waals surface area contributed by atoms with Gasteiger partial charge in [-0.3, -0.25) is 4.79 Å². The second-order valence-electron chi connectivity index (χ2n) is 9.04. The molecule has 3 nitrogen and oxygen atoms in total. The van der Waals surface area contributed by atoms with Gasteiger partial charge in [-0.15, -0.1) is 0 Å². The lowest BCUT2D eigenvalue weighted by atomic mass is 9.52. The van der Waals surface area contributed by atoms with Crippen LogP contribution in [0, 0.1) is 16.7 Å². The van der Waals surface area contributed by atoms with Gasteiger partial charge in [0.25, 0.3) is 0 Å². The quantitative estimate of drug-likeness (QED) is 0.678. The summed E-state index contributed by atoms with van der Waals surface area (Å²) in [5.41, 5.74) is -1.07. The van der Waals surface area contributed by atoms with Crippen LogP contribution in [-0.4, -0.2) is 32.7 Å². The Morgan fingerprint density at radius 3 is 2.52 bits per heavy atom. The van der Waals surface area contributed by atoms with Gasteiger partial charge >= 0.3 is 0 Å². The van der Waals surface area contributed by atoms with Crippen molar-refractivity contribution < 1.29 is 14.6 Å². The van der Waals surface area contributed by atoms with E-state index in [-0.39, 0.29) is 27.8 Å². The zero-order valence-corrected chi connectivity index (χ0v) is 18.0. The highest BCUT2D eigenvalue weighted by molar-refractivity contribution is 8.23. The summed E-state index contributed by atoms with van der Waals surface area (Å²) in [6.07, 6.45) is 5.86. The second kappa shape index (κ2) is 7.85. The van der Waals surface area contributed by atoms with Crippen LogP contribution in [0.3, 0.4) is 0 Å². The molecule has 0 spiro atoms. The molecule has 0 amide bonds. The van der Waals surface area contributed by atoms with Gasteiger partial charge in [-0.1, -0.05) is 59.2 Å². The fourth-order valence-corrected chi connectivity index (χ4v) is 6.49. The van der Waals surface area contributed by atoms with Gasteiger partial charge in [0.15, 0.2) is 5.78 Å². The first-order valence-corrected chi connectivity index (χ1v) is 11.0. The number of carbonyl (C=O) groups excluding carboxylic acids is 1. The van der Waals surface area contributed by atoms with Crippen LogP contribution in [-0.2, 0) is 9.53 Å². The Morgan fingerprint density at radius 2 is 1.96 bits per heavy atom. The van der Waals surface area contributed by atoms with Crippen molar-refractivity contribution in [1.82, 2.24) is 0 Å². The number of thioether (sulfide) groups is 1. The van der Waals surface area contributed by atoms with Crippen molar-refractivity contribution in [3.05, 3.63) is 0 Å². The molecule has 2 aliphatic rings. The maximum Gasteiger partial charge on any atom is 0.220 e. The molecule has 5 heteroatoms. The molecule has 1 N–H and O–H groups in total. The fraction of sp³-hybridized carbons (Fsp3) is 0.900. The normalized spacial score (nSPS) is 32.2. The van der Waals surface area contributed by atoms with Crippen molar-refractivity contribution in [1.29, 1.82) is 0 Å². The average Bonchev–Trinajstić information content (AvgIpc) is 2.54. The van der Waals surface area contributed by atoms with Gasteiger partial charge in [0, 0.05) is 17.6 Å². The molecule has 0 aromatic heterocycles. The molecule has 2 fully saturated rings. The highest BCUT2D eigenvalue weighted by Crippen LogP contribution is 2.57. The first-order valence-electron chi connectivity index (χ1n) is 9.67. The summed E-state index contributed by atoms with van der Waals surface area (Å²) in [4.78, 5) is 12.6. The summed E-state index contributed by atoms with van der Waals surface area (Å²) in [6.45, 7) is 11.4. The van der Waals surface area contributed by atoms with Gasteiger partial charge < -0.3 is 9.84 Å². The molecule has 0 radical (unpaired) electrons. The zero-order valence-electron chi connectivity index (χ0n) is 16.4. The molecule has 0 aromatic carbocycles. The zero-order chi connectivity index (χ0) is 18.9. The van der Waals surface area contributed by atoms with E-state index in [9.17, 15) is 9.90 Å². The first-order chi connectivity index (χ1) is 11.6. The number of rotatable bonds is 4. The van der Waals surface area contributed by atoms with Crippen LogP contribution in [0.4, 0.5) is 0 Å². The summed E-state index contributed by atoms with van der Waals surface area (Å²) in [6, 6.07) is 0. The van der Waals surface area contributed by atoms with Crippen molar-refractivity contribution >= 4 is 34.1 Å². The lowest BCUT2D eigenvalue weighted by Crippen LogP contribution is -2.62. The molecule has 2 rings (SSSR count). The summed E-state index contributed by atoms with van der Waals surface area (Å²) < 4.78 is 6.37. The molecular formula is C20H34O3S2. The largest absolute Gasteiger partial charge is 0.478 e. The minimum Gasteiger partial charge on any atom is -0.478 e. The summed E-state index contributed by atoms with van der Waals surface area (Å²) >= 11 is 7.06. The summed E-state index contributed by atoms with van der Waals surface area (Å²) in [5, 5.41) is 11.5. The number of carbonyl (C=O) groups is 1. The van der Waals surface area contributed by atoms with Crippen LogP contribution in [0.5, 0.6) is 0 Å². The second-order valence-corrected chi connectivity index (χ2v) is 10.9. The van der Waals surface area contributed by atoms with E-state index in [0.717, 1.165) is 32.1 Å². The number of Topliss-reactive ketones (excluding diaryl/α,β-unsaturated/α-hetero) is 1. The fourth-order valence-electron chi connectivity index (χ4n) is 4.75. The smallest absolute Gasteiger partial charge is 0.220 e. The maximum absolute atomic E-state index is 12.6. The van der Waals surface area contributed by atoms with E-state index >= 15 is 0 Å². The van der Waals surface area contributed by atoms with E-state index in [4.69, 9.17) is 17.0 Å². The molecule has 0 heterocycles. The molecular weight excluding hydrogens is 352 g/mol. The molecule has 2 saturated carbocycles. The van der Waals surface area contributed by atoms with Crippen molar-refractivity contribution in [2.24, 2.45) is 16.7 Å². The number of ether oxygens (including phenoxy) is 1. The molecule has 0 saturated heterocycles. The van der Waals surface area contributed by atoms with E-state index < -0.39 is 5.60 Å². The summed E-state index contributed by atoms with van der Waals surface area (Å²) in [7, 11) is 0. The minimum atomic E-state index is -1.17. The number of hydrogen-bond donors (Lipinski definition) is 1. The standard InChI is InChI=1S/C20H34O3S2/c1-6-19(7-2)12-10-15(21)20(22)11-8-9-14(16(19)20)25-17(24)23-13-18(3,4)5/h14,16,22H,6-13H2,1-5H3/t14-,16-,20-/m0/s1. The lowest BCUT2D eigenvalue weighted by molar-refractivity contribution is -0.169. The molecule has 144 valence electrons. The predicted octanol–water partition coefficient (Wildman–Crippen LogP) is 5.14. The van der Waals surface area contributed by atoms with Crippen LogP contribution in [0.15, 0.2) is 0 Å². The Labute approximate surface area is 162 Å².